The Balaban J connectivity index is 3.89. The fourth-order valence-electron chi connectivity index (χ4n) is 2.85. The Kier molecular flexibility index (Phi) is 5.25. The Morgan fingerprint density at radius 3 is 1.82 bits per heavy atom. The third-order valence-corrected chi connectivity index (χ3v) is 3.67. The topological polar surface area (TPSA) is 52.9 Å². The van der Waals surface area contributed by atoms with E-state index in [1.165, 1.54) is 0 Å². The molecular weight excluding hydrogens is 277 g/mol. The highest BCUT2D eigenvalue weighted by Gasteiger charge is 2.33. The molecule has 1 aromatic carbocycles. The van der Waals surface area contributed by atoms with Crippen molar-refractivity contribution in [1.82, 2.24) is 0 Å². The number of rotatable bonds is 3. The van der Waals surface area contributed by atoms with Crippen LogP contribution >= 0.6 is 0 Å². The highest BCUT2D eigenvalue weighted by molar-refractivity contribution is 6.33. The van der Waals surface area contributed by atoms with Crippen molar-refractivity contribution in [3.05, 3.63) is 22.8 Å². The molecule has 4 nitrogen and oxygen atoms in total. The van der Waals surface area contributed by atoms with Crippen molar-refractivity contribution in [2.45, 2.75) is 59.3 Å². The second kappa shape index (κ2) is 6.13. The Bertz CT molecular complexity index is 540. The van der Waals surface area contributed by atoms with Crippen LogP contribution in [-0.4, -0.2) is 31.5 Å². The molecule has 0 spiro atoms. The van der Waals surface area contributed by atoms with E-state index in [0.717, 1.165) is 22.4 Å². The van der Waals surface area contributed by atoms with Crippen LogP contribution in [0.15, 0.2) is 6.07 Å². The van der Waals surface area contributed by atoms with E-state index in [2.05, 4.69) is 59.4 Å². The molecule has 0 radical (unpaired) electrons. The summed E-state index contributed by atoms with van der Waals surface area (Å²) in [5, 5.41) is 18.8. The molecule has 0 aliphatic carbocycles. The Morgan fingerprint density at radius 2 is 1.50 bits per heavy atom. The fourth-order valence-corrected chi connectivity index (χ4v) is 2.85. The summed E-state index contributed by atoms with van der Waals surface area (Å²) in [4.78, 5) is 2.05. The molecule has 0 bridgehead atoms. The van der Waals surface area contributed by atoms with Crippen molar-refractivity contribution in [2.24, 2.45) is 0 Å². The van der Waals surface area contributed by atoms with Gasteiger partial charge in [-0.05, 0) is 34.9 Å². The summed E-state index contributed by atoms with van der Waals surface area (Å²) in [7, 11) is 2.15. The minimum atomic E-state index is -1.83. The van der Waals surface area contributed by atoms with Gasteiger partial charge in [-0.3, -0.25) is 0 Å². The minimum absolute atomic E-state index is 0.167. The van der Waals surface area contributed by atoms with Crippen molar-refractivity contribution >= 4 is 13.0 Å². The van der Waals surface area contributed by atoms with Crippen LogP contribution in [0.4, 0.5) is 5.69 Å². The number of hydrogen-bond donors (Lipinski definition) is 2. The Hall–Kier alpha value is -1.20. The lowest BCUT2D eigenvalue weighted by Crippen LogP contribution is -2.29. The van der Waals surface area contributed by atoms with Gasteiger partial charge in [0, 0.05) is 25.3 Å². The van der Waals surface area contributed by atoms with E-state index < -0.39 is 7.32 Å². The maximum absolute atomic E-state index is 9.40. The van der Waals surface area contributed by atoms with E-state index in [-0.39, 0.29) is 10.8 Å². The zero-order chi connectivity index (χ0) is 17.5. The Labute approximate surface area is 135 Å². The second-order valence-corrected chi connectivity index (χ2v) is 8.13. The lowest BCUT2D eigenvalue weighted by molar-refractivity contribution is 0.281. The summed E-state index contributed by atoms with van der Waals surface area (Å²) in [6.45, 7) is 14.7. The van der Waals surface area contributed by atoms with E-state index in [1.807, 2.05) is 14.1 Å². The zero-order valence-electron chi connectivity index (χ0n) is 15.4. The molecule has 2 N–H and O–H groups in total. The fraction of sp³-hybridized carbons (Fsp3) is 0.647. The van der Waals surface area contributed by atoms with Gasteiger partial charge in [0.05, 0.1) is 0 Å². The number of nitrogens with zero attached hydrogens (tertiary/aromatic N) is 1. The first-order valence-corrected chi connectivity index (χ1v) is 7.65. The van der Waals surface area contributed by atoms with Gasteiger partial charge in [0.2, 0.25) is 0 Å². The molecule has 1 aromatic rings. The molecule has 0 aliphatic heterocycles. The predicted octanol–water partition coefficient (Wildman–Crippen LogP) is 3.00. The van der Waals surface area contributed by atoms with Crippen LogP contribution in [0.2, 0.25) is 0 Å². The average Bonchev–Trinajstić information content (AvgIpc) is 2.26. The van der Waals surface area contributed by atoms with Gasteiger partial charge in [-0.25, -0.2) is 0 Å². The van der Waals surface area contributed by atoms with Gasteiger partial charge in [-0.2, -0.15) is 0 Å². The lowest BCUT2D eigenvalue weighted by Gasteiger charge is -2.35. The zero-order valence-corrected chi connectivity index (χ0v) is 15.4. The molecule has 0 unspecified atom stereocenters. The summed E-state index contributed by atoms with van der Waals surface area (Å²) in [5.74, 6) is 0.573. The summed E-state index contributed by atoms with van der Waals surface area (Å²) in [6.07, 6.45) is 0. The van der Waals surface area contributed by atoms with E-state index >= 15 is 0 Å². The normalized spacial score (nSPS) is 12.3. The largest absolute Gasteiger partial charge is 0.707 e. The van der Waals surface area contributed by atoms with Crippen LogP contribution in [0.5, 0.6) is 5.75 Å². The minimum Gasteiger partial charge on any atom is -0.511 e. The van der Waals surface area contributed by atoms with Crippen LogP contribution in [0.25, 0.3) is 0 Å². The molecule has 22 heavy (non-hydrogen) atoms. The summed E-state index contributed by atoms with van der Waals surface area (Å²) < 4.78 is 5.46. The maximum atomic E-state index is 9.40. The van der Waals surface area contributed by atoms with Gasteiger partial charge >= 0.3 is 7.32 Å². The van der Waals surface area contributed by atoms with Crippen LogP contribution < -0.4 is 9.55 Å². The summed E-state index contributed by atoms with van der Waals surface area (Å²) in [6, 6.07) is 2.09. The Morgan fingerprint density at radius 1 is 1.00 bits per heavy atom. The van der Waals surface area contributed by atoms with Crippen molar-refractivity contribution in [2.75, 3.05) is 19.0 Å². The average molecular weight is 307 g/mol. The molecule has 124 valence electrons. The third-order valence-electron chi connectivity index (χ3n) is 3.67. The molecule has 0 aromatic heterocycles. The van der Waals surface area contributed by atoms with Crippen LogP contribution in [-0.2, 0) is 10.8 Å². The van der Waals surface area contributed by atoms with Crippen LogP contribution in [0.3, 0.4) is 0 Å². The molecule has 5 heteroatoms. The van der Waals surface area contributed by atoms with E-state index in [0.29, 0.717) is 5.75 Å². The molecule has 0 heterocycles. The standard InChI is InChI=1S/C17H30BNO3/c1-11-10-12(16(2,3)4)15(22-18(20)21)13(17(5,6)7)14(11)19(8)9/h10,20-21H,1-9H3. The molecule has 0 aliphatic rings. The number of benzene rings is 1. The summed E-state index contributed by atoms with van der Waals surface area (Å²) >= 11 is 0. The van der Waals surface area contributed by atoms with E-state index in [4.69, 9.17) is 4.65 Å². The van der Waals surface area contributed by atoms with Crippen LogP contribution in [0.1, 0.15) is 58.2 Å². The first-order valence-electron chi connectivity index (χ1n) is 7.65. The molecular formula is C17H30BNO3. The quantitative estimate of drug-likeness (QED) is 0.843. The van der Waals surface area contributed by atoms with E-state index in [1.54, 1.807) is 0 Å². The molecule has 0 amide bonds. The number of aryl methyl sites for hydroxylation is 1. The van der Waals surface area contributed by atoms with Crippen molar-refractivity contribution in [3.8, 4) is 5.75 Å². The lowest BCUT2D eigenvalue weighted by atomic mass is 9.77. The van der Waals surface area contributed by atoms with Gasteiger partial charge in [-0.15, -0.1) is 0 Å². The van der Waals surface area contributed by atoms with Crippen molar-refractivity contribution in [1.29, 1.82) is 0 Å². The number of hydrogen-bond acceptors (Lipinski definition) is 4. The van der Waals surface area contributed by atoms with Gasteiger partial charge in [0.1, 0.15) is 5.75 Å². The van der Waals surface area contributed by atoms with Gasteiger partial charge in [0.25, 0.3) is 0 Å². The smallest absolute Gasteiger partial charge is 0.511 e. The predicted molar refractivity (Wildman–Crippen MR) is 93.7 cm³/mol. The van der Waals surface area contributed by atoms with Gasteiger partial charge in [0.15, 0.2) is 0 Å². The molecule has 0 saturated carbocycles. The highest BCUT2D eigenvalue weighted by atomic mass is 16.6. The maximum Gasteiger partial charge on any atom is 0.707 e. The van der Waals surface area contributed by atoms with Crippen molar-refractivity contribution < 1.29 is 14.7 Å². The molecule has 0 saturated heterocycles. The third kappa shape index (κ3) is 3.96. The van der Waals surface area contributed by atoms with Crippen molar-refractivity contribution in [3.63, 3.8) is 0 Å². The van der Waals surface area contributed by atoms with E-state index in [9.17, 15) is 10.0 Å². The monoisotopic (exact) mass is 307 g/mol. The number of anilines is 1. The van der Waals surface area contributed by atoms with Gasteiger partial charge in [-0.1, -0.05) is 41.5 Å². The van der Waals surface area contributed by atoms with Crippen LogP contribution in [0, 0.1) is 6.92 Å². The highest BCUT2D eigenvalue weighted by Crippen LogP contribution is 2.46. The van der Waals surface area contributed by atoms with Gasteiger partial charge < -0.3 is 19.6 Å². The first-order chi connectivity index (χ1) is 9.76. The second-order valence-electron chi connectivity index (χ2n) is 8.13. The SMILES string of the molecule is Cc1cc(C(C)(C)C)c(OB(O)O)c(C(C)(C)C)c1N(C)C. The molecule has 1 rings (SSSR count). The molecule has 0 fully saturated rings. The molecule has 0 atom stereocenters. The first kappa shape index (κ1) is 18.9. The summed E-state index contributed by atoms with van der Waals surface area (Å²) in [5.41, 5.74) is 3.83.